The second kappa shape index (κ2) is 5.42. The smallest absolute Gasteiger partial charge is 0.341 e. The maximum absolute atomic E-state index is 12.6. The van der Waals surface area contributed by atoms with Gasteiger partial charge in [-0.3, -0.25) is 0 Å². The van der Waals surface area contributed by atoms with Crippen LogP contribution in [0.5, 0.6) is 5.75 Å². The van der Waals surface area contributed by atoms with E-state index in [-0.39, 0.29) is 11.9 Å². The van der Waals surface area contributed by atoms with Gasteiger partial charge in [-0.2, -0.15) is 8.78 Å². The number of halogens is 2. The molecule has 0 bridgehead atoms. The van der Waals surface area contributed by atoms with Gasteiger partial charge in [0.05, 0.1) is 6.10 Å². The van der Waals surface area contributed by atoms with E-state index in [0.717, 1.165) is 18.9 Å². The van der Waals surface area contributed by atoms with Crippen molar-refractivity contribution in [1.29, 1.82) is 0 Å². The van der Waals surface area contributed by atoms with Crippen LogP contribution < -0.4 is 10.5 Å². The molecule has 1 aromatic carbocycles. The van der Waals surface area contributed by atoms with Gasteiger partial charge >= 0.3 is 5.76 Å². The molecule has 0 aromatic heterocycles. The molecule has 2 rings (SSSR count). The van der Waals surface area contributed by atoms with Crippen LogP contribution in [0.25, 0.3) is 0 Å². The molecular formula is C12H15F2NO3S. The molecule has 0 amide bonds. The summed E-state index contributed by atoms with van der Waals surface area (Å²) in [6.07, 6.45) is 1.29. The highest BCUT2D eigenvalue weighted by Gasteiger charge is 2.33. The quantitative estimate of drug-likeness (QED) is 0.898. The first-order valence-corrected chi connectivity index (χ1v) is 7.47. The number of hydrogen-bond donors (Lipinski definition) is 1. The Morgan fingerprint density at radius 3 is 2.53 bits per heavy atom. The van der Waals surface area contributed by atoms with Crippen molar-refractivity contribution in [3.05, 3.63) is 24.3 Å². The van der Waals surface area contributed by atoms with E-state index in [1.807, 2.05) is 0 Å². The van der Waals surface area contributed by atoms with Crippen molar-refractivity contribution in [3.63, 3.8) is 0 Å². The molecule has 0 heterocycles. The van der Waals surface area contributed by atoms with Gasteiger partial charge in [-0.15, -0.1) is 0 Å². The van der Waals surface area contributed by atoms with Crippen molar-refractivity contribution in [3.8, 4) is 5.75 Å². The zero-order valence-corrected chi connectivity index (χ0v) is 10.9. The van der Waals surface area contributed by atoms with E-state index in [9.17, 15) is 17.2 Å². The van der Waals surface area contributed by atoms with Crippen LogP contribution in [0.3, 0.4) is 0 Å². The van der Waals surface area contributed by atoms with Crippen LogP contribution in [0.15, 0.2) is 29.2 Å². The van der Waals surface area contributed by atoms with Gasteiger partial charge < -0.3 is 10.5 Å². The van der Waals surface area contributed by atoms with Crippen molar-refractivity contribution < 1.29 is 21.9 Å². The lowest BCUT2D eigenvalue weighted by Crippen LogP contribution is -2.38. The summed E-state index contributed by atoms with van der Waals surface area (Å²) < 4.78 is 53.6. The van der Waals surface area contributed by atoms with Gasteiger partial charge in [-0.05, 0) is 37.4 Å². The summed E-state index contributed by atoms with van der Waals surface area (Å²) >= 11 is 0. The fraction of sp³-hybridized carbons (Fsp3) is 0.500. The number of ether oxygens (including phenoxy) is 1. The first-order chi connectivity index (χ1) is 8.95. The van der Waals surface area contributed by atoms with Crippen LogP contribution in [0.4, 0.5) is 8.78 Å². The van der Waals surface area contributed by atoms with Gasteiger partial charge in [0.25, 0.3) is 0 Å². The van der Waals surface area contributed by atoms with Gasteiger partial charge in [0.2, 0.25) is 9.84 Å². The maximum atomic E-state index is 12.6. The second-order valence-corrected chi connectivity index (χ2v) is 6.45. The minimum absolute atomic E-state index is 0.0109. The lowest BCUT2D eigenvalue weighted by molar-refractivity contribution is 0.0662. The van der Waals surface area contributed by atoms with Crippen LogP contribution in [0.2, 0.25) is 0 Å². The monoisotopic (exact) mass is 291 g/mol. The summed E-state index contributed by atoms with van der Waals surface area (Å²) in [6, 6.07) is 5.48. The first kappa shape index (κ1) is 14.2. The largest absolute Gasteiger partial charge is 0.489 e. The molecule has 1 aromatic rings. The maximum Gasteiger partial charge on any atom is 0.341 e. The Morgan fingerprint density at radius 1 is 1.32 bits per heavy atom. The predicted molar refractivity (Wildman–Crippen MR) is 65.8 cm³/mol. The van der Waals surface area contributed by atoms with Crippen LogP contribution in [-0.2, 0) is 9.84 Å². The SMILES string of the molecule is NCC1CC(Oc2ccccc2S(=O)(=O)C(F)F)C1. The normalized spacial score (nSPS) is 23.2. The predicted octanol–water partition coefficient (Wildman–Crippen LogP) is 1.80. The Bertz CT molecular complexity index is 542. The summed E-state index contributed by atoms with van der Waals surface area (Å²) in [4.78, 5) is -0.457. The molecule has 0 saturated heterocycles. The minimum Gasteiger partial charge on any atom is -0.489 e. The fourth-order valence-electron chi connectivity index (χ4n) is 2.02. The van der Waals surface area contributed by atoms with Gasteiger partial charge in [0, 0.05) is 0 Å². The van der Waals surface area contributed by atoms with Crippen LogP contribution >= 0.6 is 0 Å². The van der Waals surface area contributed by atoms with Crippen LogP contribution in [0.1, 0.15) is 12.8 Å². The third kappa shape index (κ3) is 2.87. The number of sulfone groups is 1. The number of benzene rings is 1. The molecule has 1 aliphatic rings. The number of para-hydroxylation sites is 1. The first-order valence-electron chi connectivity index (χ1n) is 5.93. The van der Waals surface area contributed by atoms with Gasteiger partial charge in [-0.25, -0.2) is 8.42 Å². The van der Waals surface area contributed by atoms with Crippen molar-refractivity contribution in [1.82, 2.24) is 0 Å². The molecule has 0 spiro atoms. The molecule has 2 N–H and O–H groups in total. The molecule has 1 aliphatic carbocycles. The Morgan fingerprint density at radius 2 is 1.95 bits per heavy atom. The van der Waals surface area contributed by atoms with Gasteiger partial charge in [0.15, 0.2) is 0 Å². The van der Waals surface area contributed by atoms with E-state index < -0.39 is 20.5 Å². The van der Waals surface area contributed by atoms with E-state index >= 15 is 0 Å². The number of alkyl halides is 2. The summed E-state index contributed by atoms with van der Waals surface area (Å²) in [6.45, 7) is 0.552. The van der Waals surface area contributed by atoms with Gasteiger partial charge in [-0.1, -0.05) is 12.1 Å². The molecule has 106 valence electrons. The Labute approximate surface area is 110 Å². The number of nitrogens with two attached hydrogens (primary N) is 1. The molecular weight excluding hydrogens is 276 g/mol. The molecule has 0 aliphatic heterocycles. The summed E-state index contributed by atoms with van der Waals surface area (Å²) in [7, 11) is -4.64. The van der Waals surface area contributed by atoms with E-state index in [0.29, 0.717) is 12.5 Å². The van der Waals surface area contributed by atoms with E-state index in [1.54, 1.807) is 6.07 Å². The third-order valence-electron chi connectivity index (χ3n) is 3.21. The molecule has 7 heteroatoms. The van der Waals surface area contributed by atoms with Gasteiger partial charge in [0.1, 0.15) is 10.6 Å². The number of hydrogen-bond acceptors (Lipinski definition) is 4. The highest BCUT2D eigenvalue weighted by atomic mass is 32.2. The molecule has 4 nitrogen and oxygen atoms in total. The zero-order valence-electron chi connectivity index (χ0n) is 10.1. The lowest BCUT2D eigenvalue weighted by Gasteiger charge is -2.34. The molecule has 0 atom stereocenters. The molecule has 19 heavy (non-hydrogen) atoms. The van der Waals surface area contributed by atoms with Crippen LogP contribution in [0, 0.1) is 5.92 Å². The highest BCUT2D eigenvalue weighted by molar-refractivity contribution is 7.91. The van der Waals surface area contributed by atoms with Crippen molar-refractivity contribution in [2.45, 2.75) is 29.6 Å². The Hall–Kier alpha value is -1.21. The average Bonchev–Trinajstić information content (AvgIpc) is 2.33. The fourth-order valence-corrected chi connectivity index (χ4v) is 2.88. The molecule has 0 unspecified atom stereocenters. The molecule has 1 fully saturated rings. The van der Waals surface area contributed by atoms with E-state index in [2.05, 4.69) is 0 Å². The average molecular weight is 291 g/mol. The lowest BCUT2D eigenvalue weighted by atomic mass is 9.82. The topological polar surface area (TPSA) is 69.4 Å². The molecule has 0 radical (unpaired) electrons. The zero-order chi connectivity index (χ0) is 14.0. The van der Waals surface area contributed by atoms with E-state index in [1.165, 1.54) is 12.1 Å². The summed E-state index contributed by atoms with van der Waals surface area (Å²) in [5, 5.41) is 0. The third-order valence-corrected chi connectivity index (χ3v) is 4.63. The minimum atomic E-state index is -4.64. The second-order valence-electron chi connectivity index (χ2n) is 4.57. The Balaban J connectivity index is 2.18. The van der Waals surface area contributed by atoms with Crippen molar-refractivity contribution >= 4 is 9.84 Å². The van der Waals surface area contributed by atoms with E-state index in [4.69, 9.17) is 10.5 Å². The van der Waals surface area contributed by atoms with Crippen molar-refractivity contribution in [2.24, 2.45) is 11.7 Å². The standard InChI is InChI=1S/C12H15F2NO3S/c13-12(14)19(16,17)11-4-2-1-3-10(11)18-9-5-8(6-9)7-15/h1-4,8-9,12H,5-7,15H2. The van der Waals surface area contributed by atoms with Crippen molar-refractivity contribution in [2.75, 3.05) is 6.54 Å². The Kier molecular flexibility index (Phi) is 4.05. The summed E-state index contributed by atoms with van der Waals surface area (Å²) in [5.74, 6) is -3.09. The summed E-state index contributed by atoms with van der Waals surface area (Å²) in [5.41, 5.74) is 5.48. The molecule has 1 saturated carbocycles. The number of rotatable bonds is 5. The van der Waals surface area contributed by atoms with Crippen LogP contribution in [-0.4, -0.2) is 26.8 Å². The highest BCUT2D eigenvalue weighted by Crippen LogP contribution is 2.34.